The number of carbonyl (C=O) groups excluding carboxylic acids is 1. The van der Waals surface area contributed by atoms with Gasteiger partial charge in [-0.15, -0.1) is 0 Å². The first-order valence-electron chi connectivity index (χ1n) is 8.19. The molecule has 2 aliphatic heterocycles. The maximum absolute atomic E-state index is 12.7. The first-order chi connectivity index (χ1) is 9.92. The highest BCUT2D eigenvalue weighted by molar-refractivity contribution is 5.80. The zero-order valence-electron chi connectivity index (χ0n) is 13.5. The molecule has 0 spiro atoms. The van der Waals surface area contributed by atoms with Gasteiger partial charge in [-0.05, 0) is 37.5 Å². The molecule has 2 aliphatic rings. The van der Waals surface area contributed by atoms with Gasteiger partial charge in [-0.3, -0.25) is 4.79 Å². The number of amides is 2. The van der Waals surface area contributed by atoms with Crippen molar-refractivity contribution in [3.05, 3.63) is 0 Å². The molecule has 2 amide bonds. The molecule has 0 aromatic carbocycles. The molecule has 2 rings (SSSR count). The minimum Gasteiger partial charge on any atom is -0.481 e. The van der Waals surface area contributed by atoms with E-state index in [0.29, 0.717) is 25.9 Å². The lowest BCUT2D eigenvalue weighted by Crippen LogP contribution is -2.43. The molecule has 21 heavy (non-hydrogen) atoms. The fraction of sp³-hybridized carbons (Fsp3) is 0.875. The number of carbonyl (C=O) groups is 2. The van der Waals surface area contributed by atoms with Gasteiger partial charge in [0.25, 0.3) is 0 Å². The number of rotatable bonds is 4. The maximum atomic E-state index is 12.7. The molecular formula is C16H28N2O3. The van der Waals surface area contributed by atoms with E-state index in [4.69, 9.17) is 0 Å². The Morgan fingerprint density at radius 2 is 1.52 bits per heavy atom. The van der Waals surface area contributed by atoms with Gasteiger partial charge < -0.3 is 14.9 Å². The molecule has 0 bridgehead atoms. The summed E-state index contributed by atoms with van der Waals surface area (Å²) in [5.41, 5.74) is -0.466. The van der Waals surface area contributed by atoms with E-state index in [2.05, 4.69) is 13.8 Å². The number of carboxylic acids is 1. The van der Waals surface area contributed by atoms with Gasteiger partial charge in [-0.1, -0.05) is 20.8 Å². The fourth-order valence-electron chi connectivity index (χ4n) is 3.78. The topological polar surface area (TPSA) is 60.9 Å². The molecular weight excluding hydrogens is 268 g/mol. The van der Waals surface area contributed by atoms with Crippen LogP contribution in [0, 0.1) is 10.8 Å². The Bertz CT molecular complexity index is 420. The summed E-state index contributed by atoms with van der Waals surface area (Å²) in [5, 5.41) is 9.44. The van der Waals surface area contributed by atoms with Gasteiger partial charge in [-0.2, -0.15) is 0 Å². The summed E-state index contributed by atoms with van der Waals surface area (Å²) in [5.74, 6) is -0.766. The fourth-order valence-corrected chi connectivity index (χ4v) is 3.78. The van der Waals surface area contributed by atoms with Gasteiger partial charge in [0.1, 0.15) is 0 Å². The Balaban J connectivity index is 2.02. The molecule has 2 saturated heterocycles. The molecule has 0 aliphatic carbocycles. The molecule has 0 saturated carbocycles. The van der Waals surface area contributed by atoms with Gasteiger partial charge in [0.05, 0.1) is 5.41 Å². The maximum Gasteiger partial charge on any atom is 0.320 e. The summed E-state index contributed by atoms with van der Waals surface area (Å²) in [4.78, 5) is 27.8. The molecule has 0 aromatic rings. The van der Waals surface area contributed by atoms with Crippen LogP contribution in [-0.4, -0.2) is 53.1 Å². The van der Waals surface area contributed by atoms with E-state index in [1.165, 1.54) is 0 Å². The number of likely N-dealkylation sites (tertiary alicyclic amines) is 2. The predicted octanol–water partition coefficient (Wildman–Crippen LogP) is 2.81. The van der Waals surface area contributed by atoms with Gasteiger partial charge >= 0.3 is 12.0 Å². The second kappa shape index (κ2) is 5.85. The molecule has 2 heterocycles. The Kier molecular flexibility index (Phi) is 4.49. The van der Waals surface area contributed by atoms with E-state index in [1.54, 1.807) is 4.90 Å². The van der Waals surface area contributed by atoms with Crippen LogP contribution in [0.2, 0.25) is 0 Å². The molecule has 2 fully saturated rings. The van der Waals surface area contributed by atoms with Crippen LogP contribution in [0.3, 0.4) is 0 Å². The summed E-state index contributed by atoms with van der Waals surface area (Å²) in [6.07, 6.45) is 4.42. The molecule has 1 unspecified atom stereocenters. The van der Waals surface area contributed by atoms with Crippen molar-refractivity contribution in [3.8, 4) is 0 Å². The van der Waals surface area contributed by atoms with Crippen LogP contribution in [0.5, 0.6) is 0 Å². The van der Waals surface area contributed by atoms with E-state index >= 15 is 0 Å². The van der Waals surface area contributed by atoms with Crippen LogP contribution in [0.15, 0.2) is 0 Å². The normalized spacial score (nSPS) is 28.1. The number of hydrogen-bond donors (Lipinski definition) is 1. The first-order valence-corrected chi connectivity index (χ1v) is 8.19. The predicted molar refractivity (Wildman–Crippen MR) is 81.2 cm³/mol. The summed E-state index contributed by atoms with van der Waals surface area (Å²) in [6, 6.07) is 0.0374. The van der Waals surface area contributed by atoms with Gasteiger partial charge in [-0.25, -0.2) is 4.79 Å². The summed E-state index contributed by atoms with van der Waals surface area (Å²) < 4.78 is 0. The SMILES string of the molecule is CCC1(CC)CCN(C(=O)N2CCC(CC)(C(=O)O)C2)C1. The van der Waals surface area contributed by atoms with Crippen LogP contribution >= 0.6 is 0 Å². The summed E-state index contributed by atoms with van der Waals surface area (Å²) >= 11 is 0. The second-order valence-electron chi connectivity index (χ2n) is 6.77. The number of urea groups is 1. The molecule has 0 aromatic heterocycles. The number of carboxylic acid groups (broad SMARTS) is 1. The quantitative estimate of drug-likeness (QED) is 0.867. The van der Waals surface area contributed by atoms with Crippen molar-refractivity contribution >= 4 is 12.0 Å². The standard InChI is InChI=1S/C16H28N2O3/c1-4-15(5-2)7-9-17(11-15)14(21)18-10-8-16(6-3,12-18)13(19)20/h4-12H2,1-3H3,(H,19,20). The number of hydrogen-bond acceptors (Lipinski definition) is 2. The average Bonchev–Trinajstić information content (AvgIpc) is 3.12. The van der Waals surface area contributed by atoms with E-state index in [1.807, 2.05) is 11.8 Å². The monoisotopic (exact) mass is 296 g/mol. The Hall–Kier alpha value is -1.26. The van der Waals surface area contributed by atoms with Crippen LogP contribution in [0.1, 0.15) is 52.9 Å². The van der Waals surface area contributed by atoms with Gasteiger partial charge in [0.2, 0.25) is 0 Å². The van der Waals surface area contributed by atoms with Crippen molar-refractivity contribution in [2.75, 3.05) is 26.2 Å². The third-order valence-corrected chi connectivity index (χ3v) is 5.96. The lowest BCUT2D eigenvalue weighted by molar-refractivity contribution is -0.148. The highest BCUT2D eigenvalue weighted by atomic mass is 16.4. The van der Waals surface area contributed by atoms with Crippen molar-refractivity contribution in [1.82, 2.24) is 9.80 Å². The molecule has 5 nitrogen and oxygen atoms in total. The van der Waals surface area contributed by atoms with Crippen LogP contribution in [0.4, 0.5) is 4.79 Å². The zero-order valence-corrected chi connectivity index (χ0v) is 13.5. The van der Waals surface area contributed by atoms with E-state index in [-0.39, 0.29) is 11.4 Å². The summed E-state index contributed by atoms with van der Waals surface area (Å²) in [7, 11) is 0. The van der Waals surface area contributed by atoms with Crippen molar-refractivity contribution in [2.45, 2.75) is 52.9 Å². The minimum atomic E-state index is -0.766. The van der Waals surface area contributed by atoms with Crippen molar-refractivity contribution in [2.24, 2.45) is 10.8 Å². The van der Waals surface area contributed by atoms with E-state index in [9.17, 15) is 14.7 Å². The minimum absolute atomic E-state index is 0.0374. The average molecular weight is 296 g/mol. The van der Waals surface area contributed by atoms with Crippen molar-refractivity contribution in [1.29, 1.82) is 0 Å². The molecule has 1 atom stereocenters. The summed E-state index contributed by atoms with van der Waals surface area (Å²) in [6.45, 7) is 8.85. The van der Waals surface area contributed by atoms with Crippen molar-refractivity contribution < 1.29 is 14.7 Å². The first kappa shape index (κ1) is 16.1. The van der Waals surface area contributed by atoms with Crippen LogP contribution in [0.25, 0.3) is 0 Å². The van der Waals surface area contributed by atoms with Crippen molar-refractivity contribution in [3.63, 3.8) is 0 Å². The molecule has 5 heteroatoms. The molecule has 1 N–H and O–H groups in total. The largest absolute Gasteiger partial charge is 0.481 e. The van der Waals surface area contributed by atoms with E-state index in [0.717, 1.165) is 32.4 Å². The highest BCUT2D eigenvalue weighted by Gasteiger charge is 2.47. The van der Waals surface area contributed by atoms with Gasteiger partial charge in [0.15, 0.2) is 0 Å². The third kappa shape index (κ3) is 2.74. The Morgan fingerprint density at radius 3 is 1.95 bits per heavy atom. The van der Waals surface area contributed by atoms with E-state index < -0.39 is 11.4 Å². The Labute approximate surface area is 127 Å². The number of aliphatic carboxylic acids is 1. The molecule has 0 radical (unpaired) electrons. The number of nitrogens with zero attached hydrogens (tertiary/aromatic N) is 2. The smallest absolute Gasteiger partial charge is 0.320 e. The van der Waals surface area contributed by atoms with Crippen LogP contribution < -0.4 is 0 Å². The zero-order chi connectivity index (χ0) is 15.7. The third-order valence-electron chi connectivity index (χ3n) is 5.96. The molecule has 120 valence electrons. The lowest BCUT2D eigenvalue weighted by atomic mass is 9.82. The highest BCUT2D eigenvalue weighted by Crippen LogP contribution is 2.39. The lowest BCUT2D eigenvalue weighted by Gasteiger charge is -2.29. The van der Waals surface area contributed by atoms with Gasteiger partial charge in [0, 0.05) is 26.2 Å². The Morgan fingerprint density at radius 1 is 0.952 bits per heavy atom. The van der Waals surface area contributed by atoms with Crippen LogP contribution in [-0.2, 0) is 4.79 Å². The second-order valence-corrected chi connectivity index (χ2v) is 6.77.